The molecular formula is C11H19F3N2O. The highest BCUT2D eigenvalue weighted by Crippen LogP contribution is 2.34. The molecule has 0 aromatic heterocycles. The van der Waals surface area contributed by atoms with E-state index < -0.39 is 12.1 Å². The maximum Gasteiger partial charge on any atom is 0.391 e. The van der Waals surface area contributed by atoms with Crippen LogP contribution in [0.5, 0.6) is 0 Å². The fraction of sp³-hybridized carbons (Fsp3) is 0.909. The van der Waals surface area contributed by atoms with Crippen molar-refractivity contribution in [3.05, 3.63) is 0 Å². The maximum absolute atomic E-state index is 12.4. The molecule has 0 aliphatic carbocycles. The highest BCUT2D eigenvalue weighted by atomic mass is 19.4. The van der Waals surface area contributed by atoms with Crippen LogP contribution in [-0.2, 0) is 4.79 Å². The molecule has 0 aromatic carbocycles. The summed E-state index contributed by atoms with van der Waals surface area (Å²) in [5.74, 6) is -1.26. The minimum atomic E-state index is -4.11. The molecule has 0 bridgehead atoms. The van der Waals surface area contributed by atoms with E-state index >= 15 is 0 Å². The monoisotopic (exact) mass is 252 g/mol. The van der Waals surface area contributed by atoms with E-state index in [0.29, 0.717) is 6.42 Å². The molecule has 1 aliphatic heterocycles. The lowest BCUT2D eigenvalue weighted by molar-refractivity contribution is -0.186. The molecule has 0 aromatic rings. The number of amides is 1. The minimum Gasteiger partial charge on any atom is -0.343 e. The first-order chi connectivity index (χ1) is 7.95. The molecule has 0 spiro atoms. The lowest BCUT2D eigenvalue weighted by Gasteiger charge is -2.33. The van der Waals surface area contributed by atoms with Gasteiger partial charge >= 0.3 is 6.18 Å². The van der Waals surface area contributed by atoms with Crippen LogP contribution in [0.25, 0.3) is 0 Å². The number of likely N-dealkylation sites (tertiary alicyclic amines) is 1. The third-order valence-corrected chi connectivity index (χ3v) is 3.13. The normalized spacial score (nSPS) is 18.5. The molecule has 6 heteroatoms. The molecule has 1 N–H and O–H groups in total. The summed E-state index contributed by atoms with van der Waals surface area (Å²) in [5.41, 5.74) is 0. The number of nitrogens with zero attached hydrogens (tertiary/aromatic N) is 1. The Morgan fingerprint density at radius 3 is 2.41 bits per heavy atom. The number of rotatable bonds is 4. The Hall–Kier alpha value is -0.780. The highest BCUT2D eigenvalue weighted by Gasteiger charge is 2.41. The van der Waals surface area contributed by atoms with Crippen molar-refractivity contribution in [2.24, 2.45) is 5.92 Å². The second-order valence-electron chi connectivity index (χ2n) is 4.40. The van der Waals surface area contributed by atoms with Crippen molar-refractivity contribution in [2.45, 2.75) is 31.9 Å². The van der Waals surface area contributed by atoms with Gasteiger partial charge in [0.15, 0.2) is 0 Å². The molecule has 1 aliphatic rings. The van der Waals surface area contributed by atoms with Gasteiger partial charge in [-0.1, -0.05) is 0 Å². The summed E-state index contributed by atoms with van der Waals surface area (Å²) in [6.45, 7) is 1.23. The quantitative estimate of drug-likeness (QED) is 0.774. The average Bonchev–Trinajstić information content (AvgIpc) is 2.28. The van der Waals surface area contributed by atoms with Crippen molar-refractivity contribution < 1.29 is 18.0 Å². The van der Waals surface area contributed by atoms with E-state index in [2.05, 4.69) is 5.32 Å². The van der Waals surface area contributed by atoms with Gasteiger partial charge in [-0.25, -0.2) is 0 Å². The molecule has 17 heavy (non-hydrogen) atoms. The number of alkyl halides is 3. The van der Waals surface area contributed by atoms with Crippen molar-refractivity contribution in [3.63, 3.8) is 0 Å². The molecular weight excluding hydrogens is 233 g/mol. The number of hydrogen-bond acceptors (Lipinski definition) is 2. The van der Waals surface area contributed by atoms with Gasteiger partial charge in [0.2, 0.25) is 5.91 Å². The fourth-order valence-corrected chi connectivity index (χ4v) is 2.03. The largest absolute Gasteiger partial charge is 0.391 e. The SMILES string of the molecule is CNCCCC(=O)N1CCC(C(F)(F)F)CC1. The Balaban J connectivity index is 2.29. The van der Waals surface area contributed by atoms with E-state index in [1.165, 1.54) is 0 Å². The summed E-state index contributed by atoms with van der Waals surface area (Å²) in [7, 11) is 1.80. The summed E-state index contributed by atoms with van der Waals surface area (Å²) in [6, 6.07) is 0. The lowest BCUT2D eigenvalue weighted by Crippen LogP contribution is -2.42. The molecule has 1 fully saturated rings. The number of carbonyl (C=O) groups is 1. The van der Waals surface area contributed by atoms with E-state index in [9.17, 15) is 18.0 Å². The standard InChI is InChI=1S/C11H19F3N2O/c1-15-6-2-3-10(17)16-7-4-9(5-8-16)11(12,13)14/h9,15H,2-8H2,1H3. The molecule has 0 radical (unpaired) electrons. The van der Waals surface area contributed by atoms with Gasteiger partial charge in [0.25, 0.3) is 0 Å². The van der Waals surface area contributed by atoms with Crippen molar-refractivity contribution >= 4 is 5.91 Å². The number of halogens is 3. The zero-order chi connectivity index (χ0) is 12.9. The van der Waals surface area contributed by atoms with Crippen molar-refractivity contribution in [1.82, 2.24) is 10.2 Å². The van der Waals surface area contributed by atoms with Crippen molar-refractivity contribution in [3.8, 4) is 0 Å². The zero-order valence-corrected chi connectivity index (χ0v) is 10.0. The minimum absolute atomic E-state index is 0.0270. The molecule has 0 unspecified atom stereocenters. The van der Waals surface area contributed by atoms with Gasteiger partial charge in [-0.05, 0) is 32.9 Å². The van der Waals surface area contributed by atoms with Gasteiger partial charge in [-0.15, -0.1) is 0 Å². The number of nitrogens with one attached hydrogen (secondary N) is 1. The molecule has 1 heterocycles. The fourth-order valence-electron chi connectivity index (χ4n) is 2.03. The smallest absolute Gasteiger partial charge is 0.343 e. The Bertz CT molecular complexity index is 248. The van der Waals surface area contributed by atoms with E-state index in [4.69, 9.17) is 0 Å². The molecule has 3 nitrogen and oxygen atoms in total. The van der Waals surface area contributed by atoms with Gasteiger partial charge < -0.3 is 10.2 Å². The average molecular weight is 252 g/mol. The molecule has 0 atom stereocenters. The molecule has 1 saturated heterocycles. The van der Waals surface area contributed by atoms with Gasteiger partial charge in [-0.3, -0.25) is 4.79 Å². The first kappa shape index (κ1) is 14.3. The van der Waals surface area contributed by atoms with E-state index in [0.717, 1.165) is 13.0 Å². The lowest BCUT2D eigenvalue weighted by atomic mass is 9.96. The third kappa shape index (κ3) is 4.53. The van der Waals surface area contributed by atoms with Gasteiger partial charge in [0, 0.05) is 19.5 Å². The molecule has 1 rings (SSSR count). The second kappa shape index (κ2) is 6.23. The van der Waals surface area contributed by atoms with Gasteiger partial charge in [0.05, 0.1) is 5.92 Å². The first-order valence-corrected chi connectivity index (χ1v) is 5.94. The van der Waals surface area contributed by atoms with E-state index in [1.807, 2.05) is 0 Å². The number of carbonyl (C=O) groups excluding carboxylic acids is 1. The van der Waals surface area contributed by atoms with Crippen LogP contribution < -0.4 is 5.32 Å². The summed E-state index contributed by atoms with van der Waals surface area (Å²) < 4.78 is 37.2. The summed E-state index contributed by atoms with van der Waals surface area (Å²) >= 11 is 0. The van der Waals surface area contributed by atoms with Crippen LogP contribution in [0.2, 0.25) is 0 Å². The molecule has 0 saturated carbocycles. The summed E-state index contributed by atoms with van der Waals surface area (Å²) in [5, 5.41) is 2.93. The second-order valence-corrected chi connectivity index (χ2v) is 4.40. The Labute approximate surface area is 99.4 Å². The van der Waals surface area contributed by atoms with Crippen LogP contribution in [0.1, 0.15) is 25.7 Å². The van der Waals surface area contributed by atoms with Crippen LogP contribution in [0.15, 0.2) is 0 Å². The van der Waals surface area contributed by atoms with Crippen LogP contribution in [-0.4, -0.2) is 43.7 Å². The number of piperidine rings is 1. The highest BCUT2D eigenvalue weighted by molar-refractivity contribution is 5.76. The van der Waals surface area contributed by atoms with Gasteiger partial charge in [0.1, 0.15) is 0 Å². The van der Waals surface area contributed by atoms with Crippen LogP contribution in [0, 0.1) is 5.92 Å². The van der Waals surface area contributed by atoms with E-state index in [-0.39, 0.29) is 31.8 Å². The predicted octanol–water partition coefficient (Wildman–Crippen LogP) is 1.79. The van der Waals surface area contributed by atoms with Crippen LogP contribution >= 0.6 is 0 Å². The molecule has 100 valence electrons. The van der Waals surface area contributed by atoms with E-state index in [1.54, 1.807) is 11.9 Å². The van der Waals surface area contributed by atoms with Crippen LogP contribution in [0.3, 0.4) is 0 Å². The van der Waals surface area contributed by atoms with Gasteiger partial charge in [-0.2, -0.15) is 13.2 Å². The van der Waals surface area contributed by atoms with Crippen molar-refractivity contribution in [1.29, 1.82) is 0 Å². The van der Waals surface area contributed by atoms with Crippen molar-refractivity contribution in [2.75, 3.05) is 26.7 Å². The Kier molecular flexibility index (Phi) is 5.24. The third-order valence-electron chi connectivity index (χ3n) is 3.13. The van der Waals surface area contributed by atoms with Crippen LogP contribution in [0.4, 0.5) is 13.2 Å². The summed E-state index contributed by atoms with van der Waals surface area (Å²) in [4.78, 5) is 13.2. The molecule has 1 amide bonds. The summed E-state index contributed by atoms with van der Waals surface area (Å²) in [6.07, 6.45) is -2.88. The zero-order valence-electron chi connectivity index (χ0n) is 10.0. The maximum atomic E-state index is 12.4. The Morgan fingerprint density at radius 2 is 1.94 bits per heavy atom. The predicted molar refractivity (Wildman–Crippen MR) is 58.5 cm³/mol. The first-order valence-electron chi connectivity index (χ1n) is 5.94. The Morgan fingerprint density at radius 1 is 1.35 bits per heavy atom. The topological polar surface area (TPSA) is 32.3 Å². The number of hydrogen-bond donors (Lipinski definition) is 1.